The summed E-state index contributed by atoms with van der Waals surface area (Å²) in [6.07, 6.45) is 7.12. The summed E-state index contributed by atoms with van der Waals surface area (Å²) in [6.45, 7) is 5.99. The zero-order valence-corrected chi connectivity index (χ0v) is 14.0. The molecule has 0 spiro atoms. The molecule has 0 bridgehead atoms. The minimum Gasteiger partial charge on any atom is -0.186 e. The van der Waals surface area contributed by atoms with Crippen molar-refractivity contribution in [3.8, 4) is 11.8 Å². The van der Waals surface area contributed by atoms with Crippen LogP contribution in [0.2, 0.25) is 0 Å². The fourth-order valence-electron chi connectivity index (χ4n) is 2.18. The SMILES string of the molecule is C=Cc1ccc(C#Cc2ccc(CCCCC)cc2)cc1.O=C=O. The third-order valence-electron chi connectivity index (χ3n) is 3.52. The minimum absolute atomic E-state index is 0.250. The fraction of sp³-hybridized carbons (Fsp3) is 0.227. The molecule has 2 rings (SSSR count). The lowest BCUT2D eigenvalue weighted by Crippen LogP contribution is -1.85. The van der Waals surface area contributed by atoms with Crippen LogP contribution in [-0.4, -0.2) is 6.15 Å². The largest absolute Gasteiger partial charge is 0.373 e. The molecular formula is C22H22O2. The molecule has 0 N–H and O–H groups in total. The average Bonchev–Trinajstić information content (AvgIpc) is 2.62. The quantitative estimate of drug-likeness (QED) is 0.581. The van der Waals surface area contributed by atoms with Gasteiger partial charge in [0.05, 0.1) is 0 Å². The fourth-order valence-corrected chi connectivity index (χ4v) is 2.18. The lowest BCUT2D eigenvalue weighted by Gasteiger charge is -2.00. The molecule has 122 valence electrons. The lowest BCUT2D eigenvalue weighted by molar-refractivity contribution is -0.191. The van der Waals surface area contributed by atoms with Crippen molar-refractivity contribution in [2.75, 3.05) is 0 Å². The van der Waals surface area contributed by atoms with Crippen LogP contribution < -0.4 is 0 Å². The van der Waals surface area contributed by atoms with Crippen LogP contribution in [0.25, 0.3) is 6.08 Å². The summed E-state index contributed by atoms with van der Waals surface area (Å²) in [6, 6.07) is 16.8. The van der Waals surface area contributed by atoms with Crippen LogP contribution >= 0.6 is 0 Å². The van der Waals surface area contributed by atoms with Crippen LogP contribution in [0.5, 0.6) is 0 Å². The number of benzene rings is 2. The first-order valence-electron chi connectivity index (χ1n) is 8.06. The van der Waals surface area contributed by atoms with Gasteiger partial charge < -0.3 is 0 Å². The molecule has 0 amide bonds. The van der Waals surface area contributed by atoms with Gasteiger partial charge in [-0.1, -0.05) is 68.5 Å². The van der Waals surface area contributed by atoms with Gasteiger partial charge in [-0.15, -0.1) is 0 Å². The summed E-state index contributed by atoms with van der Waals surface area (Å²) in [7, 11) is 0. The molecule has 0 saturated heterocycles. The van der Waals surface area contributed by atoms with Gasteiger partial charge in [-0.25, -0.2) is 0 Å². The van der Waals surface area contributed by atoms with Crippen molar-refractivity contribution >= 4 is 12.2 Å². The second-order valence-corrected chi connectivity index (χ2v) is 5.31. The van der Waals surface area contributed by atoms with Crippen LogP contribution in [0.3, 0.4) is 0 Å². The molecule has 24 heavy (non-hydrogen) atoms. The van der Waals surface area contributed by atoms with E-state index >= 15 is 0 Å². The Kier molecular flexibility index (Phi) is 9.31. The molecule has 0 fully saturated rings. The van der Waals surface area contributed by atoms with Crippen LogP contribution in [0.15, 0.2) is 55.1 Å². The van der Waals surface area contributed by atoms with Crippen LogP contribution in [0.1, 0.15) is 48.4 Å². The van der Waals surface area contributed by atoms with Gasteiger partial charge in [0.15, 0.2) is 0 Å². The molecule has 2 nitrogen and oxygen atoms in total. The third-order valence-corrected chi connectivity index (χ3v) is 3.52. The summed E-state index contributed by atoms with van der Waals surface area (Å²) in [5, 5.41) is 0. The van der Waals surface area contributed by atoms with Crippen molar-refractivity contribution in [3.63, 3.8) is 0 Å². The van der Waals surface area contributed by atoms with E-state index in [4.69, 9.17) is 9.59 Å². The first-order chi connectivity index (χ1) is 11.7. The van der Waals surface area contributed by atoms with E-state index in [9.17, 15) is 0 Å². The predicted octanol–water partition coefficient (Wildman–Crippen LogP) is 4.88. The van der Waals surface area contributed by atoms with Crippen molar-refractivity contribution in [3.05, 3.63) is 77.4 Å². The Morgan fingerprint density at radius 1 is 0.875 bits per heavy atom. The normalized spacial score (nSPS) is 8.88. The summed E-state index contributed by atoms with van der Waals surface area (Å²) in [5.41, 5.74) is 4.64. The number of aryl methyl sites for hydroxylation is 1. The van der Waals surface area contributed by atoms with Gasteiger partial charge in [-0.2, -0.15) is 9.59 Å². The Morgan fingerprint density at radius 3 is 1.83 bits per heavy atom. The van der Waals surface area contributed by atoms with Crippen molar-refractivity contribution in [1.29, 1.82) is 0 Å². The summed E-state index contributed by atoms with van der Waals surface area (Å²) in [5.74, 6) is 6.42. The summed E-state index contributed by atoms with van der Waals surface area (Å²) < 4.78 is 0. The van der Waals surface area contributed by atoms with Crippen molar-refractivity contribution in [2.24, 2.45) is 0 Å². The van der Waals surface area contributed by atoms with E-state index in [1.165, 1.54) is 31.2 Å². The van der Waals surface area contributed by atoms with E-state index in [0.29, 0.717) is 0 Å². The number of hydrogen-bond acceptors (Lipinski definition) is 2. The smallest absolute Gasteiger partial charge is 0.186 e. The van der Waals surface area contributed by atoms with E-state index < -0.39 is 0 Å². The van der Waals surface area contributed by atoms with Crippen molar-refractivity contribution < 1.29 is 9.59 Å². The van der Waals surface area contributed by atoms with E-state index in [0.717, 1.165) is 16.7 Å². The van der Waals surface area contributed by atoms with Crippen LogP contribution in [-0.2, 0) is 16.0 Å². The zero-order valence-electron chi connectivity index (χ0n) is 14.0. The third kappa shape index (κ3) is 7.40. The molecule has 0 aromatic heterocycles. The zero-order chi connectivity index (χ0) is 17.6. The van der Waals surface area contributed by atoms with E-state index in [2.05, 4.69) is 49.6 Å². The average molecular weight is 318 g/mol. The molecule has 2 aromatic carbocycles. The highest BCUT2D eigenvalue weighted by Crippen LogP contribution is 2.09. The Bertz CT molecular complexity index is 707. The lowest BCUT2D eigenvalue weighted by atomic mass is 10.1. The topological polar surface area (TPSA) is 34.1 Å². The molecule has 2 aromatic rings. The molecule has 0 radical (unpaired) electrons. The molecule has 0 heterocycles. The molecule has 0 aliphatic heterocycles. The number of hydrogen-bond donors (Lipinski definition) is 0. The van der Waals surface area contributed by atoms with Gasteiger partial charge in [-0.3, -0.25) is 0 Å². The first kappa shape index (κ1) is 19.2. The Morgan fingerprint density at radius 2 is 1.38 bits per heavy atom. The summed E-state index contributed by atoms with van der Waals surface area (Å²) >= 11 is 0. The molecular weight excluding hydrogens is 296 g/mol. The van der Waals surface area contributed by atoms with Gasteiger partial charge in [0.2, 0.25) is 0 Å². The molecule has 2 heteroatoms. The maximum atomic E-state index is 8.12. The molecule has 0 aliphatic carbocycles. The standard InChI is InChI=1S/C21H22.CO2/c1-3-5-6-7-19-12-14-21(15-13-19)17-16-20-10-8-18(4-2)9-11-20;2-1-3/h4,8-15H,2-3,5-7H2,1H3;. The highest BCUT2D eigenvalue weighted by molar-refractivity contribution is 5.50. The highest BCUT2D eigenvalue weighted by atomic mass is 16.2. The van der Waals surface area contributed by atoms with Gasteiger partial charge in [0, 0.05) is 11.1 Å². The van der Waals surface area contributed by atoms with E-state index in [1.807, 2.05) is 30.3 Å². The van der Waals surface area contributed by atoms with Gasteiger partial charge in [0.1, 0.15) is 0 Å². The van der Waals surface area contributed by atoms with E-state index in [-0.39, 0.29) is 6.15 Å². The molecule has 0 atom stereocenters. The monoisotopic (exact) mass is 318 g/mol. The number of carbonyl (C=O) groups excluding carboxylic acids is 2. The number of unbranched alkanes of at least 4 members (excludes halogenated alkanes) is 2. The van der Waals surface area contributed by atoms with Gasteiger partial charge in [-0.05, 0) is 48.2 Å². The Balaban J connectivity index is 0.000000891. The van der Waals surface area contributed by atoms with Crippen molar-refractivity contribution in [1.82, 2.24) is 0 Å². The predicted molar refractivity (Wildman–Crippen MR) is 97.2 cm³/mol. The Labute approximate surface area is 144 Å². The Hall–Kier alpha value is -2.88. The van der Waals surface area contributed by atoms with E-state index in [1.54, 1.807) is 0 Å². The van der Waals surface area contributed by atoms with Crippen LogP contribution in [0, 0.1) is 11.8 Å². The van der Waals surface area contributed by atoms with Crippen molar-refractivity contribution in [2.45, 2.75) is 32.6 Å². The minimum atomic E-state index is 0.250. The van der Waals surface area contributed by atoms with Gasteiger partial charge in [0.25, 0.3) is 0 Å². The first-order valence-corrected chi connectivity index (χ1v) is 8.06. The molecule has 0 saturated carbocycles. The maximum absolute atomic E-state index is 8.12. The second kappa shape index (κ2) is 11.7. The molecule has 0 aliphatic rings. The van der Waals surface area contributed by atoms with Gasteiger partial charge >= 0.3 is 6.15 Å². The second-order valence-electron chi connectivity index (χ2n) is 5.31. The van der Waals surface area contributed by atoms with Crippen LogP contribution in [0.4, 0.5) is 0 Å². The number of rotatable bonds is 5. The highest BCUT2D eigenvalue weighted by Gasteiger charge is 1.93. The maximum Gasteiger partial charge on any atom is 0.373 e. The summed E-state index contributed by atoms with van der Waals surface area (Å²) in [4.78, 5) is 16.2. The molecule has 0 unspecified atom stereocenters.